The van der Waals surface area contributed by atoms with E-state index >= 15 is 0 Å². The van der Waals surface area contributed by atoms with Crippen molar-refractivity contribution in [2.45, 2.75) is 40.0 Å². The molecule has 1 atom stereocenters. The van der Waals surface area contributed by atoms with Crippen molar-refractivity contribution in [3.8, 4) is 0 Å². The quantitative estimate of drug-likeness (QED) is 0.857. The molecule has 2 rings (SSSR count). The van der Waals surface area contributed by atoms with E-state index < -0.39 is 0 Å². The summed E-state index contributed by atoms with van der Waals surface area (Å²) < 4.78 is 1.89. The fraction of sp³-hybridized carbons (Fsp3) is 0.643. The van der Waals surface area contributed by atoms with E-state index in [-0.39, 0.29) is 11.3 Å². The Morgan fingerprint density at radius 1 is 1.44 bits per heavy atom. The number of rotatable bonds is 4. The second-order valence-electron chi connectivity index (χ2n) is 5.35. The molecule has 1 aliphatic rings. The lowest BCUT2D eigenvalue weighted by molar-refractivity contribution is -0.126. The van der Waals surface area contributed by atoms with Gasteiger partial charge in [-0.2, -0.15) is 0 Å². The van der Waals surface area contributed by atoms with Crippen LogP contribution in [0, 0.1) is 19.3 Å². The Bertz CT molecular complexity index is 411. The van der Waals surface area contributed by atoms with Gasteiger partial charge in [0, 0.05) is 17.9 Å². The van der Waals surface area contributed by atoms with E-state index in [4.69, 9.17) is 0 Å². The van der Waals surface area contributed by atoms with Crippen LogP contribution in [-0.4, -0.2) is 23.7 Å². The number of nitrogens with zero attached hydrogens (tertiary/aromatic N) is 1. The summed E-state index contributed by atoms with van der Waals surface area (Å²) in [5.41, 5.74) is 4.98. The zero-order chi connectivity index (χ0) is 13.2. The minimum atomic E-state index is -0.224. The zero-order valence-corrected chi connectivity index (χ0v) is 11.5. The Hall–Kier alpha value is -1.29. The summed E-state index contributed by atoms with van der Waals surface area (Å²) in [4.78, 5) is 12.6. The van der Waals surface area contributed by atoms with Crippen molar-refractivity contribution in [1.82, 2.24) is 9.99 Å². The lowest BCUT2D eigenvalue weighted by Crippen LogP contribution is -2.41. The van der Waals surface area contributed by atoms with Gasteiger partial charge >= 0.3 is 0 Å². The molecule has 2 heterocycles. The third kappa shape index (κ3) is 2.29. The Morgan fingerprint density at radius 2 is 2.11 bits per heavy atom. The fourth-order valence-corrected chi connectivity index (χ4v) is 2.81. The Labute approximate surface area is 109 Å². The van der Waals surface area contributed by atoms with Gasteiger partial charge in [0.25, 0.3) is 0 Å². The maximum atomic E-state index is 12.6. The summed E-state index contributed by atoms with van der Waals surface area (Å²) >= 11 is 0. The topological polar surface area (TPSA) is 46.1 Å². The third-order valence-electron chi connectivity index (χ3n) is 3.94. The van der Waals surface area contributed by atoms with Gasteiger partial charge in [-0.15, -0.1) is 0 Å². The SMILES string of the molecule is CCCC1(C(=O)Nn2c(C)ccc2C)CCNC1. The molecule has 100 valence electrons. The maximum absolute atomic E-state index is 12.6. The molecule has 1 aromatic heterocycles. The second-order valence-corrected chi connectivity index (χ2v) is 5.35. The molecule has 1 aliphatic heterocycles. The standard InChI is InChI=1S/C14H23N3O/c1-4-7-14(8-9-15-10-14)13(18)16-17-11(2)5-6-12(17)3/h5-6,15H,4,7-10H2,1-3H3,(H,16,18). The van der Waals surface area contributed by atoms with Crippen molar-refractivity contribution >= 4 is 5.91 Å². The van der Waals surface area contributed by atoms with Crippen LogP contribution in [0.5, 0.6) is 0 Å². The number of nitrogens with one attached hydrogen (secondary N) is 2. The Morgan fingerprint density at radius 3 is 2.61 bits per heavy atom. The molecule has 18 heavy (non-hydrogen) atoms. The minimum absolute atomic E-state index is 0.150. The zero-order valence-electron chi connectivity index (χ0n) is 11.5. The van der Waals surface area contributed by atoms with Crippen LogP contribution in [0.4, 0.5) is 0 Å². The molecule has 1 aromatic rings. The number of hydrogen-bond donors (Lipinski definition) is 2. The lowest BCUT2D eigenvalue weighted by Gasteiger charge is -2.27. The molecule has 1 saturated heterocycles. The highest BCUT2D eigenvalue weighted by atomic mass is 16.2. The summed E-state index contributed by atoms with van der Waals surface area (Å²) in [5.74, 6) is 0.150. The number of hydrogen-bond acceptors (Lipinski definition) is 2. The molecular formula is C14H23N3O. The highest BCUT2D eigenvalue weighted by Gasteiger charge is 2.40. The van der Waals surface area contributed by atoms with E-state index in [1.165, 1.54) is 0 Å². The molecule has 0 spiro atoms. The van der Waals surface area contributed by atoms with Gasteiger partial charge in [0.2, 0.25) is 5.91 Å². The van der Waals surface area contributed by atoms with Crippen LogP contribution in [0.3, 0.4) is 0 Å². The van der Waals surface area contributed by atoms with Crippen molar-refractivity contribution < 1.29 is 4.79 Å². The average Bonchev–Trinajstić information content (AvgIpc) is 2.92. The van der Waals surface area contributed by atoms with Gasteiger partial charge in [-0.3, -0.25) is 14.9 Å². The molecule has 1 unspecified atom stereocenters. The molecule has 0 aliphatic carbocycles. The Balaban J connectivity index is 2.15. The van der Waals surface area contributed by atoms with Gasteiger partial charge in [-0.1, -0.05) is 13.3 Å². The van der Waals surface area contributed by atoms with Gasteiger partial charge in [-0.25, -0.2) is 0 Å². The van der Waals surface area contributed by atoms with Crippen LogP contribution in [0.2, 0.25) is 0 Å². The molecule has 0 bridgehead atoms. The predicted octanol–water partition coefficient (Wildman–Crippen LogP) is 1.95. The van der Waals surface area contributed by atoms with Crippen molar-refractivity contribution in [2.24, 2.45) is 5.41 Å². The third-order valence-corrected chi connectivity index (χ3v) is 3.94. The van der Waals surface area contributed by atoms with Crippen LogP contribution in [-0.2, 0) is 4.79 Å². The fourth-order valence-electron chi connectivity index (χ4n) is 2.81. The highest BCUT2D eigenvalue weighted by molar-refractivity contribution is 5.90. The first-order valence-corrected chi connectivity index (χ1v) is 6.76. The van der Waals surface area contributed by atoms with Gasteiger partial charge < -0.3 is 5.32 Å². The van der Waals surface area contributed by atoms with E-state index in [2.05, 4.69) is 17.7 Å². The molecule has 1 amide bonds. The molecule has 2 N–H and O–H groups in total. The first-order chi connectivity index (χ1) is 8.59. The molecule has 1 fully saturated rings. The molecule has 0 radical (unpaired) electrons. The Kier molecular flexibility index (Phi) is 3.76. The van der Waals surface area contributed by atoms with Crippen LogP contribution >= 0.6 is 0 Å². The summed E-state index contributed by atoms with van der Waals surface area (Å²) in [6.07, 6.45) is 2.93. The van der Waals surface area contributed by atoms with Crippen LogP contribution in [0.1, 0.15) is 37.6 Å². The van der Waals surface area contributed by atoms with Crippen LogP contribution < -0.4 is 10.7 Å². The lowest BCUT2D eigenvalue weighted by atomic mass is 9.82. The normalized spacial score (nSPS) is 23.3. The smallest absolute Gasteiger partial charge is 0.246 e. The number of amides is 1. The summed E-state index contributed by atoms with van der Waals surface area (Å²) in [5, 5.41) is 3.32. The number of aryl methyl sites for hydroxylation is 2. The van der Waals surface area contributed by atoms with Crippen molar-refractivity contribution in [3.63, 3.8) is 0 Å². The van der Waals surface area contributed by atoms with Gasteiger partial charge in [0.05, 0.1) is 5.41 Å². The van der Waals surface area contributed by atoms with E-state index in [0.717, 1.165) is 43.7 Å². The monoisotopic (exact) mass is 249 g/mol. The molecular weight excluding hydrogens is 226 g/mol. The first-order valence-electron chi connectivity index (χ1n) is 6.76. The number of aromatic nitrogens is 1. The summed E-state index contributed by atoms with van der Waals surface area (Å²) in [6, 6.07) is 4.05. The predicted molar refractivity (Wildman–Crippen MR) is 73.1 cm³/mol. The number of carbonyl (C=O) groups is 1. The molecule has 0 saturated carbocycles. The van der Waals surface area contributed by atoms with E-state index in [9.17, 15) is 4.79 Å². The van der Waals surface area contributed by atoms with Gasteiger partial charge in [0.15, 0.2) is 0 Å². The van der Waals surface area contributed by atoms with Crippen LogP contribution in [0.25, 0.3) is 0 Å². The van der Waals surface area contributed by atoms with Gasteiger partial charge in [-0.05, 0) is 45.4 Å². The summed E-state index contributed by atoms with van der Waals surface area (Å²) in [7, 11) is 0. The minimum Gasteiger partial charge on any atom is -0.316 e. The van der Waals surface area contributed by atoms with Crippen molar-refractivity contribution in [2.75, 3.05) is 18.5 Å². The van der Waals surface area contributed by atoms with Crippen LogP contribution in [0.15, 0.2) is 12.1 Å². The van der Waals surface area contributed by atoms with Crippen molar-refractivity contribution in [1.29, 1.82) is 0 Å². The maximum Gasteiger partial charge on any atom is 0.246 e. The molecule has 4 nitrogen and oxygen atoms in total. The van der Waals surface area contributed by atoms with E-state index in [1.54, 1.807) is 0 Å². The highest BCUT2D eigenvalue weighted by Crippen LogP contribution is 2.31. The molecule has 4 heteroatoms. The van der Waals surface area contributed by atoms with Crippen molar-refractivity contribution in [3.05, 3.63) is 23.5 Å². The largest absolute Gasteiger partial charge is 0.316 e. The van der Waals surface area contributed by atoms with Gasteiger partial charge in [0.1, 0.15) is 0 Å². The number of carbonyl (C=O) groups excluding carboxylic acids is 1. The summed E-state index contributed by atoms with van der Waals surface area (Å²) in [6.45, 7) is 7.89. The first kappa shape index (κ1) is 13.1. The molecule has 0 aromatic carbocycles. The van der Waals surface area contributed by atoms with E-state index in [1.807, 2.05) is 30.7 Å². The van der Waals surface area contributed by atoms with E-state index in [0.29, 0.717) is 0 Å². The second kappa shape index (κ2) is 5.14. The average molecular weight is 249 g/mol.